The Morgan fingerprint density at radius 2 is 1.71 bits per heavy atom. The topological polar surface area (TPSA) is 126 Å². The molecule has 0 aliphatic carbocycles. The van der Waals surface area contributed by atoms with Crippen LogP contribution in [0.4, 0.5) is 0 Å². The van der Waals surface area contributed by atoms with Crippen molar-refractivity contribution < 1.29 is 17.8 Å². The molecule has 1 aliphatic rings. The van der Waals surface area contributed by atoms with Crippen molar-refractivity contribution in [2.75, 3.05) is 7.05 Å². The monoisotopic (exact) mass is 436 g/mol. The number of amides is 1. The first-order valence-corrected chi connectivity index (χ1v) is 11.0. The van der Waals surface area contributed by atoms with Gasteiger partial charge in [-0.3, -0.25) is 19.2 Å². The molecule has 0 spiro atoms. The normalized spacial score (nSPS) is 18.8. The van der Waals surface area contributed by atoms with Gasteiger partial charge in [0.05, 0.1) is 0 Å². The predicted octanol–water partition coefficient (Wildman–Crippen LogP) is 2.17. The van der Waals surface area contributed by atoms with Crippen molar-refractivity contribution in [3.05, 3.63) is 89.7 Å². The van der Waals surface area contributed by atoms with Gasteiger partial charge in [0.15, 0.2) is 11.5 Å². The van der Waals surface area contributed by atoms with Crippen LogP contribution in [0.25, 0.3) is 11.1 Å². The zero-order chi connectivity index (χ0) is 22.2. The highest BCUT2D eigenvalue weighted by Crippen LogP contribution is 2.40. The number of carbonyl (C=O) groups excluding carboxylic acids is 1. The standard InChI is InChI=1S/C22H20N4O4S/c1-26-20(27)22(25-21(26)23,18-8-2-5-15(11-18)14-31(28,29)30)19-9-3-6-16(12-19)17-7-4-10-24-13-17/h2-13H,14H2,1H3,(H2,23,25)(H,28,29,30). The maximum atomic E-state index is 13.4. The number of aliphatic imine (C=N–C) groups is 1. The number of pyridine rings is 1. The van der Waals surface area contributed by atoms with E-state index in [9.17, 15) is 17.8 Å². The zero-order valence-electron chi connectivity index (χ0n) is 16.6. The minimum atomic E-state index is -4.24. The van der Waals surface area contributed by atoms with Gasteiger partial charge in [0.2, 0.25) is 0 Å². The van der Waals surface area contributed by atoms with Crippen molar-refractivity contribution in [3.8, 4) is 11.1 Å². The number of hydrogen-bond acceptors (Lipinski definition) is 6. The summed E-state index contributed by atoms with van der Waals surface area (Å²) in [5.41, 5.74) is 7.61. The van der Waals surface area contributed by atoms with Gasteiger partial charge in [0, 0.05) is 19.4 Å². The molecule has 9 heteroatoms. The van der Waals surface area contributed by atoms with Crippen molar-refractivity contribution in [2.24, 2.45) is 10.7 Å². The Morgan fingerprint density at radius 1 is 1.03 bits per heavy atom. The molecular weight excluding hydrogens is 416 g/mol. The fraction of sp³-hybridized carbons (Fsp3) is 0.136. The molecule has 3 N–H and O–H groups in total. The summed E-state index contributed by atoms with van der Waals surface area (Å²) in [6.07, 6.45) is 3.40. The SMILES string of the molecule is CN1C(=O)C(c2cccc(CS(=O)(=O)O)c2)(c2cccc(-c3cccnc3)c2)N=C1N. The number of hydrogen-bond donors (Lipinski definition) is 2. The number of rotatable bonds is 5. The summed E-state index contributed by atoms with van der Waals surface area (Å²) in [5, 5.41) is 0. The number of likely N-dealkylation sites (N-methyl/N-ethyl adjacent to an activating group) is 1. The molecule has 3 aromatic rings. The zero-order valence-corrected chi connectivity index (χ0v) is 17.5. The molecule has 31 heavy (non-hydrogen) atoms. The highest BCUT2D eigenvalue weighted by Gasteiger charge is 2.49. The van der Waals surface area contributed by atoms with E-state index in [1.54, 1.807) is 42.7 Å². The minimum absolute atomic E-state index is 0.0527. The van der Waals surface area contributed by atoms with Gasteiger partial charge in [-0.2, -0.15) is 8.42 Å². The van der Waals surface area contributed by atoms with E-state index in [2.05, 4.69) is 9.98 Å². The van der Waals surface area contributed by atoms with Crippen molar-refractivity contribution in [3.63, 3.8) is 0 Å². The van der Waals surface area contributed by atoms with Crippen LogP contribution in [0.3, 0.4) is 0 Å². The van der Waals surface area contributed by atoms with Gasteiger partial charge >= 0.3 is 0 Å². The van der Waals surface area contributed by atoms with Crippen LogP contribution in [-0.2, 0) is 26.2 Å². The molecule has 0 bridgehead atoms. The van der Waals surface area contributed by atoms with E-state index in [1.165, 1.54) is 11.9 Å². The number of guanidine groups is 1. The van der Waals surface area contributed by atoms with Crippen LogP contribution in [0.2, 0.25) is 0 Å². The summed E-state index contributed by atoms with van der Waals surface area (Å²) in [5.74, 6) is -0.884. The number of nitrogens with zero attached hydrogens (tertiary/aromatic N) is 3. The number of carbonyl (C=O) groups is 1. The second-order valence-corrected chi connectivity index (χ2v) is 8.75. The Kier molecular flexibility index (Phi) is 5.08. The number of benzene rings is 2. The lowest BCUT2D eigenvalue weighted by molar-refractivity contribution is -0.129. The average molecular weight is 436 g/mol. The molecule has 4 rings (SSSR count). The minimum Gasteiger partial charge on any atom is -0.369 e. The third kappa shape index (κ3) is 3.80. The van der Waals surface area contributed by atoms with Gasteiger partial charge in [0.1, 0.15) is 5.75 Å². The van der Waals surface area contributed by atoms with E-state index in [0.717, 1.165) is 11.1 Å². The fourth-order valence-corrected chi connectivity index (χ4v) is 4.34. The average Bonchev–Trinajstić information content (AvgIpc) is 2.98. The summed E-state index contributed by atoms with van der Waals surface area (Å²) >= 11 is 0. The molecule has 2 aromatic carbocycles. The third-order valence-corrected chi connectivity index (χ3v) is 5.91. The van der Waals surface area contributed by atoms with Gasteiger partial charge in [-0.15, -0.1) is 0 Å². The molecule has 0 radical (unpaired) electrons. The maximum Gasteiger partial charge on any atom is 0.269 e. The van der Waals surface area contributed by atoms with Gasteiger partial charge in [-0.05, 0) is 39.9 Å². The lowest BCUT2D eigenvalue weighted by Gasteiger charge is -2.27. The number of aromatic nitrogens is 1. The van der Waals surface area contributed by atoms with E-state index in [1.807, 2.05) is 30.3 Å². The quantitative estimate of drug-likeness (QED) is 0.591. The molecule has 1 aliphatic heterocycles. The van der Waals surface area contributed by atoms with Crippen LogP contribution < -0.4 is 5.73 Å². The molecule has 1 atom stereocenters. The molecule has 8 nitrogen and oxygen atoms in total. The molecule has 2 heterocycles. The first-order valence-electron chi connectivity index (χ1n) is 9.40. The predicted molar refractivity (Wildman–Crippen MR) is 117 cm³/mol. The molecule has 0 fully saturated rings. The van der Waals surface area contributed by atoms with Gasteiger partial charge in [0.25, 0.3) is 16.0 Å². The second-order valence-electron chi connectivity index (χ2n) is 7.29. The molecular formula is C22H20N4O4S. The summed E-state index contributed by atoms with van der Waals surface area (Å²) in [6, 6.07) is 17.5. The molecule has 1 unspecified atom stereocenters. The second kappa shape index (κ2) is 7.60. The fourth-order valence-electron chi connectivity index (χ4n) is 3.74. The highest BCUT2D eigenvalue weighted by molar-refractivity contribution is 7.85. The lowest BCUT2D eigenvalue weighted by atomic mass is 9.81. The first kappa shape index (κ1) is 20.7. The molecule has 1 amide bonds. The Morgan fingerprint density at radius 3 is 2.32 bits per heavy atom. The van der Waals surface area contributed by atoms with E-state index in [4.69, 9.17) is 5.73 Å². The van der Waals surface area contributed by atoms with Crippen molar-refractivity contribution in [1.29, 1.82) is 0 Å². The first-order chi connectivity index (χ1) is 14.7. The number of nitrogens with two attached hydrogens (primary N) is 1. The van der Waals surface area contributed by atoms with Crippen LogP contribution in [-0.4, -0.2) is 41.8 Å². The van der Waals surface area contributed by atoms with Crippen molar-refractivity contribution in [1.82, 2.24) is 9.88 Å². The summed E-state index contributed by atoms with van der Waals surface area (Å²) in [7, 11) is -2.70. The summed E-state index contributed by atoms with van der Waals surface area (Å²) in [4.78, 5) is 23.4. The maximum absolute atomic E-state index is 13.4. The molecule has 0 saturated carbocycles. The van der Waals surface area contributed by atoms with Crippen LogP contribution in [0, 0.1) is 0 Å². The van der Waals surface area contributed by atoms with Gasteiger partial charge in [-0.25, -0.2) is 4.99 Å². The lowest BCUT2D eigenvalue weighted by Crippen LogP contribution is -2.41. The third-order valence-electron chi connectivity index (χ3n) is 5.21. The Bertz CT molecular complexity index is 1290. The smallest absolute Gasteiger partial charge is 0.269 e. The van der Waals surface area contributed by atoms with Gasteiger partial charge < -0.3 is 5.73 Å². The van der Waals surface area contributed by atoms with Crippen LogP contribution in [0.5, 0.6) is 0 Å². The molecule has 0 saturated heterocycles. The van der Waals surface area contributed by atoms with Crippen LogP contribution in [0.15, 0.2) is 78.0 Å². The van der Waals surface area contributed by atoms with E-state index in [-0.39, 0.29) is 11.9 Å². The molecule has 158 valence electrons. The largest absolute Gasteiger partial charge is 0.369 e. The van der Waals surface area contributed by atoms with E-state index in [0.29, 0.717) is 16.7 Å². The Balaban J connectivity index is 1.92. The summed E-state index contributed by atoms with van der Waals surface area (Å²) in [6.45, 7) is 0. The van der Waals surface area contributed by atoms with Crippen LogP contribution >= 0.6 is 0 Å². The van der Waals surface area contributed by atoms with Crippen molar-refractivity contribution in [2.45, 2.75) is 11.3 Å². The van der Waals surface area contributed by atoms with Crippen LogP contribution in [0.1, 0.15) is 16.7 Å². The Labute approximate surface area is 179 Å². The summed E-state index contributed by atoms with van der Waals surface area (Å²) < 4.78 is 32.0. The van der Waals surface area contributed by atoms with E-state index < -0.39 is 21.4 Å². The highest BCUT2D eigenvalue weighted by atomic mass is 32.2. The van der Waals surface area contributed by atoms with Crippen molar-refractivity contribution >= 4 is 22.0 Å². The van der Waals surface area contributed by atoms with Gasteiger partial charge in [-0.1, -0.05) is 48.5 Å². The Hall–Kier alpha value is -3.56. The van der Waals surface area contributed by atoms with E-state index >= 15 is 0 Å². The molecule has 1 aromatic heterocycles.